The Morgan fingerprint density at radius 2 is 0.733 bits per heavy atom. The van der Waals surface area contributed by atoms with Gasteiger partial charge in [-0.25, -0.2) is 0 Å². The summed E-state index contributed by atoms with van der Waals surface area (Å²) in [6, 6.07) is 0. The zero-order valence-electron chi connectivity index (χ0n) is 7.39. The van der Waals surface area contributed by atoms with Gasteiger partial charge in [0.1, 0.15) is 0 Å². The molecule has 75 valence electrons. The van der Waals surface area contributed by atoms with Gasteiger partial charge in [0, 0.05) is 0 Å². The average Bonchev–Trinajstić information content (AvgIpc) is 2.39. The van der Waals surface area contributed by atoms with Crippen molar-refractivity contribution in [1.82, 2.24) is 0 Å². The summed E-state index contributed by atoms with van der Waals surface area (Å²) >= 11 is 0.812. The first kappa shape index (κ1) is 17.0. The fraction of sp³-hybridized carbons (Fsp3) is 0. The van der Waals surface area contributed by atoms with Crippen LogP contribution in [0.2, 0.25) is 0 Å². The van der Waals surface area contributed by atoms with Crippen LogP contribution in [0.3, 0.4) is 0 Å². The average molecular weight is 307 g/mol. The second-order valence-electron chi connectivity index (χ2n) is 1.80. The molecule has 0 atom stereocenters. The summed E-state index contributed by atoms with van der Waals surface area (Å²) in [6.45, 7) is 3.44. The van der Waals surface area contributed by atoms with E-state index in [9.17, 15) is 0 Å². The molecule has 0 fully saturated rings. The van der Waals surface area contributed by atoms with E-state index >= 15 is 0 Å². The zero-order chi connectivity index (χ0) is 12.7. The second-order valence-corrected chi connectivity index (χ2v) is 7.42. The van der Waals surface area contributed by atoms with Crippen molar-refractivity contribution in [2.45, 2.75) is 0 Å². The molecule has 0 rings (SSSR count). The van der Waals surface area contributed by atoms with Crippen molar-refractivity contribution in [3.8, 4) is 29.8 Å². The zero-order valence-corrected chi connectivity index (χ0v) is 12.7. The van der Waals surface area contributed by atoms with Gasteiger partial charge in [0.2, 0.25) is 0 Å². The van der Waals surface area contributed by atoms with E-state index in [4.69, 9.17) is 31.6 Å². The van der Waals surface area contributed by atoms with Crippen LogP contribution in [0, 0.1) is 61.4 Å². The normalized spacial score (nSPS) is 12.1. The Balaban J connectivity index is 0. The van der Waals surface area contributed by atoms with Gasteiger partial charge in [-0.2, -0.15) is 0 Å². The third-order valence-corrected chi connectivity index (χ3v) is 4.89. The van der Waals surface area contributed by atoms with Crippen molar-refractivity contribution in [3.05, 3.63) is 0 Å². The fourth-order valence-corrected chi connectivity index (χ4v) is 1.09. The number of hydrogen-bond acceptors (Lipinski definition) is 6. The molecule has 0 saturated heterocycles. The summed E-state index contributed by atoms with van der Waals surface area (Å²) in [6.07, 6.45) is 0. The van der Waals surface area contributed by atoms with E-state index in [1.54, 1.807) is 0 Å². The van der Waals surface area contributed by atoms with E-state index < -0.39 is 10.7 Å². The Bertz CT molecular complexity index is 395. The molecular formula is C6Fe2KN6-4. The Labute approximate surface area is 122 Å². The monoisotopic (exact) mass is 307 g/mol. The summed E-state index contributed by atoms with van der Waals surface area (Å²) in [5.74, 6) is 0. The van der Waals surface area contributed by atoms with Crippen LogP contribution in [-0.2, 0) is 17.4 Å². The van der Waals surface area contributed by atoms with Crippen LogP contribution in [-0.4, -0.2) is 45.4 Å². The fourth-order valence-electron chi connectivity index (χ4n) is 0.265. The van der Waals surface area contributed by atoms with Gasteiger partial charge in [0.25, 0.3) is 0 Å². The van der Waals surface area contributed by atoms with Crippen molar-refractivity contribution < 1.29 is 17.4 Å². The molecule has 0 unspecified atom stereocenters. The minimum absolute atomic E-state index is 0.812. The molecule has 9 heteroatoms. The molecule has 0 aromatic heterocycles. The van der Waals surface area contributed by atoms with E-state index in [0.29, 0.717) is 0 Å². The number of hydrogen-bond donors (Lipinski definition) is 0. The van der Waals surface area contributed by atoms with E-state index in [1.807, 2.05) is 0 Å². The van der Waals surface area contributed by atoms with Crippen LogP contribution >= 0.6 is 0 Å². The van der Waals surface area contributed by atoms with Crippen LogP contribution in [0.25, 0.3) is 0 Å². The Morgan fingerprint density at radius 1 is 0.600 bits per heavy atom. The molecule has 0 aliphatic heterocycles. The SMILES string of the molecule is N#[C][Fe-4]([C]#N)([C]#N)([C]#N)([C]#N)[C]#N.[K][Fe]. The number of nitrogens with zero attached hydrogens (tertiary/aromatic N) is 6. The van der Waals surface area contributed by atoms with Crippen molar-refractivity contribution in [2.75, 3.05) is 0 Å². The van der Waals surface area contributed by atoms with Gasteiger partial charge in [-0.05, 0) is 0 Å². The van der Waals surface area contributed by atoms with E-state index in [0.717, 1.165) is 75.2 Å². The first-order chi connectivity index (χ1) is 6.97. The number of nitriles is 6. The van der Waals surface area contributed by atoms with E-state index in [-0.39, 0.29) is 0 Å². The first-order valence-electron chi connectivity index (χ1n) is 2.76. The predicted octanol–water partition coefficient (Wildman–Crippen LogP) is -0.285. The van der Waals surface area contributed by atoms with Gasteiger partial charge in [0.05, 0.1) is 0 Å². The summed E-state index contributed by atoms with van der Waals surface area (Å²) in [5, 5.41) is 51.5. The van der Waals surface area contributed by atoms with Gasteiger partial charge >= 0.3 is 124 Å². The first-order valence-corrected chi connectivity index (χ1v) is 11.7. The standard InChI is InChI=1S/6CN.2Fe.K/c6*1-2;;;/q;;;;;;;-4;. The summed E-state index contributed by atoms with van der Waals surface area (Å²) in [5.41, 5.74) is 0. The molecule has 0 amide bonds. The van der Waals surface area contributed by atoms with Crippen molar-refractivity contribution in [2.24, 2.45) is 0 Å². The molecule has 6 nitrogen and oxygen atoms in total. The molecule has 0 radical (unpaired) electrons. The summed E-state index contributed by atoms with van der Waals surface area (Å²) < 4.78 is 0. The van der Waals surface area contributed by atoms with Crippen molar-refractivity contribution >= 4 is 45.4 Å². The van der Waals surface area contributed by atoms with Crippen LogP contribution in [0.15, 0.2) is 0 Å². The van der Waals surface area contributed by atoms with Gasteiger partial charge in [0.15, 0.2) is 0 Å². The molecule has 0 bridgehead atoms. The minimum atomic E-state index is -6.17. The third-order valence-electron chi connectivity index (χ3n) is 1.19. The molecule has 0 saturated carbocycles. The quantitative estimate of drug-likeness (QED) is 0.563. The Morgan fingerprint density at radius 3 is 0.733 bits per heavy atom. The summed E-state index contributed by atoms with van der Waals surface area (Å²) in [7, 11) is -6.17. The maximum absolute atomic E-state index is 8.58. The van der Waals surface area contributed by atoms with E-state index in [2.05, 4.69) is 6.66 Å². The molecule has 0 spiro atoms. The molecule has 0 aliphatic rings. The van der Waals surface area contributed by atoms with Gasteiger partial charge in [-0.15, -0.1) is 0 Å². The Hall–Kier alpha value is -0.385. The van der Waals surface area contributed by atoms with E-state index in [1.165, 1.54) is 0 Å². The summed E-state index contributed by atoms with van der Waals surface area (Å²) in [4.78, 5) is 6.19. The molecular weight excluding hydrogens is 307 g/mol. The van der Waals surface area contributed by atoms with Gasteiger partial charge in [-0.1, -0.05) is 0 Å². The molecule has 0 aliphatic carbocycles. The second kappa shape index (κ2) is 5.10. The van der Waals surface area contributed by atoms with Gasteiger partial charge < -0.3 is 0 Å². The van der Waals surface area contributed by atoms with Gasteiger partial charge in [-0.3, -0.25) is 0 Å². The third kappa shape index (κ3) is 2.09. The van der Waals surface area contributed by atoms with Crippen LogP contribution in [0.1, 0.15) is 0 Å². The van der Waals surface area contributed by atoms with Crippen LogP contribution in [0.4, 0.5) is 0 Å². The number of rotatable bonds is 0. The van der Waals surface area contributed by atoms with Crippen LogP contribution in [0.5, 0.6) is 0 Å². The predicted molar refractivity (Wildman–Crippen MR) is 39.4 cm³/mol. The maximum atomic E-state index is 8.58. The topological polar surface area (TPSA) is 143 Å². The van der Waals surface area contributed by atoms with Crippen molar-refractivity contribution in [3.63, 3.8) is 0 Å². The molecule has 0 aromatic carbocycles. The van der Waals surface area contributed by atoms with Crippen molar-refractivity contribution in [1.29, 1.82) is 31.6 Å². The Kier molecular flexibility index (Phi) is 5.79. The molecule has 0 heterocycles. The molecule has 0 aromatic rings. The van der Waals surface area contributed by atoms with Crippen LogP contribution < -0.4 is 0 Å². The molecule has 0 N–H and O–H groups in total. The molecule has 15 heavy (non-hydrogen) atoms.